The maximum atomic E-state index is 12.7. The second-order valence-electron chi connectivity index (χ2n) is 6.57. The highest BCUT2D eigenvalue weighted by Gasteiger charge is 2.35. The highest BCUT2D eigenvalue weighted by atomic mass is 32.2. The lowest BCUT2D eigenvalue weighted by Crippen LogP contribution is -2.51. The van der Waals surface area contributed by atoms with Crippen LogP contribution >= 0.6 is 11.8 Å². The van der Waals surface area contributed by atoms with Crippen LogP contribution < -0.4 is 5.32 Å². The Morgan fingerprint density at radius 3 is 2.43 bits per heavy atom. The van der Waals surface area contributed by atoms with Crippen LogP contribution in [0.4, 0.5) is 0 Å². The Bertz CT molecular complexity index is 445. The number of rotatable bonds is 5. The van der Waals surface area contributed by atoms with Gasteiger partial charge in [0.05, 0.1) is 0 Å². The monoisotopic (exact) mass is 333 g/mol. The van der Waals surface area contributed by atoms with Crippen LogP contribution in [0, 0.1) is 5.92 Å². The van der Waals surface area contributed by atoms with Gasteiger partial charge in [-0.2, -0.15) is 28.8 Å². The van der Waals surface area contributed by atoms with Crippen LogP contribution in [0.5, 0.6) is 0 Å². The second kappa shape index (κ2) is 6.74. The molecule has 0 aromatic rings. The number of piperidine rings is 1. The summed E-state index contributed by atoms with van der Waals surface area (Å²) < 4.78 is 28.8. The van der Waals surface area contributed by atoms with Crippen LogP contribution in [-0.4, -0.2) is 66.8 Å². The lowest BCUT2D eigenvalue weighted by atomic mass is 9.98. The maximum absolute atomic E-state index is 12.7. The second-order valence-corrected chi connectivity index (χ2v) is 10.0. The van der Waals surface area contributed by atoms with Crippen LogP contribution in [0.1, 0.15) is 32.6 Å². The van der Waals surface area contributed by atoms with Gasteiger partial charge in [0, 0.05) is 43.2 Å². The first kappa shape index (κ1) is 16.1. The van der Waals surface area contributed by atoms with E-state index in [2.05, 4.69) is 12.2 Å². The summed E-state index contributed by atoms with van der Waals surface area (Å²) in [5.41, 5.74) is 0. The molecule has 1 unspecified atom stereocenters. The molecule has 0 spiro atoms. The molecule has 1 saturated carbocycles. The molecule has 5 nitrogen and oxygen atoms in total. The fraction of sp³-hybridized carbons (Fsp3) is 1.00. The number of nitrogens with one attached hydrogen (secondary N) is 1. The zero-order chi connectivity index (χ0) is 14.9. The van der Waals surface area contributed by atoms with E-state index in [9.17, 15) is 8.42 Å². The van der Waals surface area contributed by atoms with Crippen LogP contribution in [0.15, 0.2) is 0 Å². The van der Waals surface area contributed by atoms with Gasteiger partial charge in [0.15, 0.2) is 0 Å². The van der Waals surface area contributed by atoms with Crippen LogP contribution in [0.3, 0.4) is 0 Å². The smallest absolute Gasteiger partial charge is 0.282 e. The highest BCUT2D eigenvalue weighted by molar-refractivity contribution is 8.00. The van der Waals surface area contributed by atoms with Gasteiger partial charge in [-0.3, -0.25) is 0 Å². The van der Waals surface area contributed by atoms with Gasteiger partial charge in [-0.25, -0.2) is 0 Å². The summed E-state index contributed by atoms with van der Waals surface area (Å²) in [4.78, 5) is 0. The number of hydrogen-bond acceptors (Lipinski definition) is 4. The minimum Gasteiger partial charge on any atom is -0.314 e. The van der Waals surface area contributed by atoms with E-state index in [4.69, 9.17) is 0 Å². The Labute approximate surface area is 133 Å². The van der Waals surface area contributed by atoms with Crippen molar-refractivity contribution in [1.29, 1.82) is 0 Å². The molecule has 0 bridgehead atoms. The average molecular weight is 334 g/mol. The van der Waals surface area contributed by atoms with E-state index in [-0.39, 0.29) is 0 Å². The Morgan fingerprint density at radius 1 is 1.10 bits per heavy atom. The molecule has 7 heteroatoms. The number of thioether (sulfide) groups is 1. The number of hydrogen-bond donors (Lipinski definition) is 1. The predicted molar refractivity (Wildman–Crippen MR) is 87.7 cm³/mol. The molecule has 122 valence electrons. The maximum Gasteiger partial charge on any atom is 0.282 e. The third-order valence-corrected chi connectivity index (χ3v) is 7.84. The first-order chi connectivity index (χ1) is 10.1. The van der Waals surface area contributed by atoms with E-state index in [1.165, 1.54) is 12.8 Å². The molecule has 0 radical (unpaired) electrons. The van der Waals surface area contributed by atoms with Crippen LogP contribution in [0.25, 0.3) is 0 Å². The topological polar surface area (TPSA) is 52.7 Å². The normalized spacial score (nSPS) is 30.6. The van der Waals surface area contributed by atoms with E-state index in [1.54, 1.807) is 8.61 Å². The van der Waals surface area contributed by atoms with Gasteiger partial charge < -0.3 is 5.32 Å². The van der Waals surface area contributed by atoms with Crippen molar-refractivity contribution in [1.82, 2.24) is 13.9 Å². The summed E-state index contributed by atoms with van der Waals surface area (Å²) in [5, 5.41) is 3.98. The third-order valence-electron chi connectivity index (χ3n) is 4.70. The standard InChI is InChI=1S/C14H27N3O2S2/c1-12-11-17(8-9-20-12)21(18,19)16-6-4-13(5-7-16)10-15-14-2-3-14/h12-15H,2-11H2,1H3. The Morgan fingerprint density at radius 2 is 1.81 bits per heavy atom. The van der Waals surface area contributed by atoms with Gasteiger partial charge in [0.1, 0.15) is 0 Å². The van der Waals surface area contributed by atoms with Gasteiger partial charge in [-0.05, 0) is 38.1 Å². The summed E-state index contributed by atoms with van der Waals surface area (Å²) >= 11 is 1.87. The zero-order valence-corrected chi connectivity index (χ0v) is 14.5. The summed E-state index contributed by atoms with van der Waals surface area (Å²) in [5.74, 6) is 1.57. The molecule has 2 saturated heterocycles. The summed E-state index contributed by atoms with van der Waals surface area (Å²) in [6, 6.07) is 0.749. The molecule has 3 rings (SSSR count). The predicted octanol–water partition coefficient (Wildman–Crippen LogP) is 1.13. The quantitative estimate of drug-likeness (QED) is 0.819. The Kier molecular flexibility index (Phi) is 5.15. The van der Waals surface area contributed by atoms with Crippen molar-refractivity contribution in [3.05, 3.63) is 0 Å². The molecular formula is C14H27N3O2S2. The molecule has 3 fully saturated rings. The zero-order valence-electron chi connectivity index (χ0n) is 12.8. The van der Waals surface area contributed by atoms with Crippen LogP contribution in [-0.2, 0) is 10.2 Å². The molecule has 0 aromatic carbocycles. The third kappa shape index (κ3) is 4.13. The van der Waals surface area contributed by atoms with Gasteiger partial charge >= 0.3 is 0 Å². The molecule has 21 heavy (non-hydrogen) atoms. The first-order valence-electron chi connectivity index (χ1n) is 8.16. The van der Waals surface area contributed by atoms with Gasteiger partial charge in [0.25, 0.3) is 10.2 Å². The largest absolute Gasteiger partial charge is 0.314 e. The van der Waals surface area contributed by atoms with Crippen molar-refractivity contribution in [3.8, 4) is 0 Å². The molecule has 2 heterocycles. The van der Waals surface area contributed by atoms with E-state index in [1.807, 2.05) is 11.8 Å². The summed E-state index contributed by atoms with van der Waals surface area (Å²) in [6.07, 6.45) is 4.63. The fourth-order valence-corrected chi connectivity index (χ4v) is 6.08. The Balaban J connectivity index is 1.50. The average Bonchev–Trinajstić information content (AvgIpc) is 3.30. The lowest BCUT2D eigenvalue weighted by molar-refractivity contribution is 0.249. The molecule has 1 atom stereocenters. The van der Waals surface area contributed by atoms with Crippen molar-refractivity contribution in [3.63, 3.8) is 0 Å². The SMILES string of the molecule is CC1CN(S(=O)(=O)N2CCC(CNC3CC3)CC2)CCS1. The lowest BCUT2D eigenvalue weighted by Gasteiger charge is -2.37. The minimum atomic E-state index is -3.23. The van der Waals surface area contributed by atoms with Crippen molar-refractivity contribution < 1.29 is 8.42 Å². The van der Waals surface area contributed by atoms with E-state index < -0.39 is 10.2 Å². The van der Waals surface area contributed by atoms with Gasteiger partial charge in [-0.1, -0.05) is 6.92 Å². The van der Waals surface area contributed by atoms with Crippen molar-refractivity contribution in [2.24, 2.45) is 5.92 Å². The van der Waals surface area contributed by atoms with Crippen molar-refractivity contribution in [2.45, 2.75) is 43.9 Å². The van der Waals surface area contributed by atoms with Crippen molar-refractivity contribution in [2.75, 3.05) is 38.5 Å². The van der Waals surface area contributed by atoms with Gasteiger partial charge in [-0.15, -0.1) is 0 Å². The summed E-state index contributed by atoms with van der Waals surface area (Å²) in [6.45, 7) is 5.89. The number of nitrogens with zero attached hydrogens (tertiary/aromatic N) is 2. The molecule has 2 aliphatic heterocycles. The summed E-state index contributed by atoms with van der Waals surface area (Å²) in [7, 11) is -3.23. The fourth-order valence-electron chi connectivity index (χ4n) is 3.12. The molecule has 3 aliphatic rings. The van der Waals surface area contributed by atoms with Gasteiger partial charge in [0.2, 0.25) is 0 Å². The first-order valence-corrected chi connectivity index (χ1v) is 10.6. The van der Waals surface area contributed by atoms with Crippen molar-refractivity contribution >= 4 is 22.0 Å². The Hall–Kier alpha value is 0.180. The van der Waals surface area contributed by atoms with E-state index in [0.29, 0.717) is 37.3 Å². The molecule has 0 amide bonds. The van der Waals surface area contributed by atoms with Crippen LogP contribution in [0.2, 0.25) is 0 Å². The molecule has 1 N–H and O–H groups in total. The molecule has 0 aromatic heterocycles. The molecule has 1 aliphatic carbocycles. The minimum absolute atomic E-state index is 0.411. The highest BCUT2D eigenvalue weighted by Crippen LogP contribution is 2.26. The van der Waals surface area contributed by atoms with E-state index in [0.717, 1.165) is 31.2 Å². The molecular weight excluding hydrogens is 306 g/mol. The van der Waals surface area contributed by atoms with E-state index >= 15 is 0 Å².